The molecule has 0 saturated carbocycles. The van der Waals surface area contributed by atoms with E-state index in [1.54, 1.807) is 18.4 Å². The smallest absolute Gasteiger partial charge is 0.141 e. The molecular formula is C17H25N3O. The molecule has 1 heterocycles. The molecule has 114 valence electrons. The van der Waals surface area contributed by atoms with Crippen LogP contribution in [0.15, 0.2) is 23.7 Å². The van der Waals surface area contributed by atoms with Gasteiger partial charge in [-0.05, 0) is 45.1 Å². The standard InChI is InChI=1S/C17H25N3O/c1-4-15-14(7-8-16(21)17(15)18-5-2)13-20-10-6-9-19(3)11-12-20/h4-5,7-8,21H,1,6,9-13H2,2-3H3. The molecule has 2 rings (SSSR count). The molecule has 4 heteroatoms. The van der Waals surface area contributed by atoms with Gasteiger partial charge in [0.2, 0.25) is 0 Å². The van der Waals surface area contributed by atoms with Crippen LogP contribution in [0.3, 0.4) is 0 Å². The first kappa shape index (κ1) is 15.7. The van der Waals surface area contributed by atoms with Crippen molar-refractivity contribution in [2.45, 2.75) is 19.9 Å². The monoisotopic (exact) mass is 287 g/mol. The van der Waals surface area contributed by atoms with Crippen LogP contribution in [0, 0.1) is 0 Å². The van der Waals surface area contributed by atoms with Crippen molar-refractivity contribution in [2.24, 2.45) is 4.99 Å². The van der Waals surface area contributed by atoms with Crippen LogP contribution in [0.2, 0.25) is 0 Å². The van der Waals surface area contributed by atoms with E-state index in [0.29, 0.717) is 5.69 Å². The molecule has 0 radical (unpaired) electrons. The van der Waals surface area contributed by atoms with Gasteiger partial charge < -0.3 is 10.0 Å². The van der Waals surface area contributed by atoms with Crippen molar-refractivity contribution >= 4 is 18.0 Å². The molecule has 1 saturated heterocycles. The van der Waals surface area contributed by atoms with Crippen LogP contribution in [-0.2, 0) is 6.54 Å². The SMILES string of the molecule is C=Cc1c(CN2CCCN(C)CC2)ccc(O)c1N=CC. The Morgan fingerprint density at radius 3 is 2.81 bits per heavy atom. The first-order chi connectivity index (χ1) is 10.2. The highest BCUT2D eigenvalue weighted by atomic mass is 16.3. The minimum atomic E-state index is 0.211. The molecule has 1 aliphatic heterocycles. The minimum absolute atomic E-state index is 0.211. The third-order valence-electron chi connectivity index (χ3n) is 3.95. The van der Waals surface area contributed by atoms with E-state index >= 15 is 0 Å². The summed E-state index contributed by atoms with van der Waals surface area (Å²) in [7, 11) is 2.17. The lowest BCUT2D eigenvalue weighted by atomic mass is 10.0. The van der Waals surface area contributed by atoms with Crippen LogP contribution in [0.5, 0.6) is 5.75 Å². The van der Waals surface area contributed by atoms with Gasteiger partial charge >= 0.3 is 0 Å². The maximum Gasteiger partial charge on any atom is 0.141 e. The van der Waals surface area contributed by atoms with Crippen molar-refractivity contribution in [3.05, 3.63) is 29.8 Å². The Bertz CT molecular complexity index is 525. The Morgan fingerprint density at radius 1 is 1.29 bits per heavy atom. The third-order valence-corrected chi connectivity index (χ3v) is 3.95. The van der Waals surface area contributed by atoms with Crippen molar-refractivity contribution in [3.8, 4) is 5.75 Å². The summed E-state index contributed by atoms with van der Waals surface area (Å²) in [6, 6.07) is 3.71. The van der Waals surface area contributed by atoms with Gasteiger partial charge in [0.1, 0.15) is 11.4 Å². The van der Waals surface area contributed by atoms with Gasteiger partial charge in [-0.15, -0.1) is 0 Å². The maximum absolute atomic E-state index is 9.98. The lowest BCUT2D eigenvalue weighted by Gasteiger charge is -2.22. The number of hydrogen-bond acceptors (Lipinski definition) is 4. The number of nitrogens with zero attached hydrogens (tertiary/aromatic N) is 3. The molecule has 0 atom stereocenters. The molecule has 0 spiro atoms. The van der Waals surface area contributed by atoms with Crippen LogP contribution in [0.4, 0.5) is 5.69 Å². The predicted octanol–water partition coefficient (Wildman–Crippen LogP) is 2.89. The highest BCUT2D eigenvalue weighted by Crippen LogP contribution is 2.34. The largest absolute Gasteiger partial charge is 0.506 e. The Morgan fingerprint density at radius 2 is 2.10 bits per heavy atom. The van der Waals surface area contributed by atoms with Crippen LogP contribution in [0.1, 0.15) is 24.5 Å². The van der Waals surface area contributed by atoms with Crippen molar-refractivity contribution in [2.75, 3.05) is 33.2 Å². The average Bonchev–Trinajstić information content (AvgIpc) is 2.68. The van der Waals surface area contributed by atoms with Gasteiger partial charge in [0.15, 0.2) is 0 Å². The van der Waals surface area contributed by atoms with Crippen LogP contribution in [-0.4, -0.2) is 54.3 Å². The number of hydrogen-bond donors (Lipinski definition) is 1. The molecule has 1 aromatic carbocycles. The number of phenols is 1. The number of rotatable bonds is 4. The first-order valence-corrected chi connectivity index (χ1v) is 7.52. The second-order valence-corrected chi connectivity index (χ2v) is 5.53. The molecule has 0 unspecified atom stereocenters. The fraction of sp³-hybridized carbons (Fsp3) is 0.471. The number of likely N-dealkylation sites (N-methyl/N-ethyl adjacent to an activating group) is 1. The summed E-state index contributed by atoms with van der Waals surface area (Å²) in [5, 5.41) is 9.98. The lowest BCUT2D eigenvalue weighted by Crippen LogP contribution is -2.28. The predicted molar refractivity (Wildman–Crippen MR) is 89.4 cm³/mol. The number of aliphatic imine (C=N–C) groups is 1. The Kier molecular flexibility index (Phi) is 5.53. The van der Waals surface area contributed by atoms with E-state index in [1.807, 2.05) is 13.0 Å². The third kappa shape index (κ3) is 3.93. The van der Waals surface area contributed by atoms with Gasteiger partial charge in [-0.25, -0.2) is 0 Å². The van der Waals surface area contributed by atoms with E-state index in [-0.39, 0.29) is 5.75 Å². The molecule has 1 aliphatic rings. The highest BCUT2D eigenvalue weighted by Gasteiger charge is 2.15. The molecule has 1 aromatic rings. The zero-order valence-electron chi connectivity index (χ0n) is 13.0. The summed E-state index contributed by atoms with van der Waals surface area (Å²) in [6.45, 7) is 11.0. The molecular weight excluding hydrogens is 262 g/mol. The Labute approximate surface area is 127 Å². The molecule has 0 aliphatic carbocycles. The van der Waals surface area contributed by atoms with E-state index in [1.165, 1.54) is 12.0 Å². The molecule has 4 nitrogen and oxygen atoms in total. The van der Waals surface area contributed by atoms with Crippen molar-refractivity contribution in [1.82, 2.24) is 9.80 Å². The van der Waals surface area contributed by atoms with E-state index in [9.17, 15) is 5.11 Å². The summed E-state index contributed by atoms with van der Waals surface area (Å²) >= 11 is 0. The van der Waals surface area contributed by atoms with E-state index in [0.717, 1.165) is 38.3 Å². The van der Waals surface area contributed by atoms with E-state index in [2.05, 4.69) is 28.4 Å². The molecule has 0 aromatic heterocycles. The molecule has 21 heavy (non-hydrogen) atoms. The fourth-order valence-corrected chi connectivity index (χ4v) is 2.77. The van der Waals surface area contributed by atoms with Gasteiger partial charge in [0.25, 0.3) is 0 Å². The second kappa shape index (κ2) is 7.38. The fourth-order valence-electron chi connectivity index (χ4n) is 2.77. The molecule has 0 bridgehead atoms. The van der Waals surface area contributed by atoms with Gasteiger partial charge in [0.05, 0.1) is 0 Å². The Balaban J connectivity index is 2.23. The highest BCUT2D eigenvalue weighted by molar-refractivity contribution is 5.75. The average molecular weight is 287 g/mol. The van der Waals surface area contributed by atoms with E-state index < -0.39 is 0 Å². The normalized spacial score (nSPS) is 18.0. The number of phenolic OH excluding ortho intramolecular Hbond substituents is 1. The van der Waals surface area contributed by atoms with Gasteiger partial charge in [-0.1, -0.05) is 18.7 Å². The number of benzene rings is 1. The second-order valence-electron chi connectivity index (χ2n) is 5.53. The topological polar surface area (TPSA) is 39.1 Å². The summed E-state index contributed by atoms with van der Waals surface area (Å²) in [6.07, 6.45) is 4.69. The molecule has 0 amide bonds. The number of aromatic hydroxyl groups is 1. The van der Waals surface area contributed by atoms with Crippen LogP contribution < -0.4 is 0 Å². The summed E-state index contributed by atoms with van der Waals surface area (Å²) in [5.41, 5.74) is 2.73. The van der Waals surface area contributed by atoms with Gasteiger partial charge in [-0.3, -0.25) is 9.89 Å². The zero-order valence-corrected chi connectivity index (χ0v) is 13.0. The molecule has 1 fully saturated rings. The summed E-state index contributed by atoms with van der Waals surface area (Å²) in [5.74, 6) is 0.211. The van der Waals surface area contributed by atoms with Gasteiger partial charge in [-0.2, -0.15) is 0 Å². The van der Waals surface area contributed by atoms with Crippen LogP contribution >= 0.6 is 0 Å². The first-order valence-electron chi connectivity index (χ1n) is 7.52. The zero-order chi connectivity index (χ0) is 15.2. The van der Waals surface area contributed by atoms with Crippen molar-refractivity contribution in [3.63, 3.8) is 0 Å². The quantitative estimate of drug-likeness (QED) is 0.866. The van der Waals surface area contributed by atoms with Crippen molar-refractivity contribution in [1.29, 1.82) is 0 Å². The van der Waals surface area contributed by atoms with Crippen LogP contribution in [0.25, 0.3) is 6.08 Å². The lowest BCUT2D eigenvalue weighted by molar-refractivity contribution is 0.269. The van der Waals surface area contributed by atoms with E-state index in [4.69, 9.17) is 0 Å². The van der Waals surface area contributed by atoms with Gasteiger partial charge in [0, 0.05) is 31.4 Å². The Hall–Kier alpha value is -1.65. The maximum atomic E-state index is 9.98. The minimum Gasteiger partial charge on any atom is -0.506 e. The summed E-state index contributed by atoms with van der Waals surface area (Å²) in [4.78, 5) is 9.12. The molecule has 1 N–H and O–H groups in total. The summed E-state index contributed by atoms with van der Waals surface area (Å²) < 4.78 is 0. The van der Waals surface area contributed by atoms with Crippen molar-refractivity contribution < 1.29 is 5.11 Å².